The first-order chi connectivity index (χ1) is 7.24. The predicted octanol–water partition coefficient (Wildman–Crippen LogP) is 1.05. The maximum atomic E-state index is 9.72. The van der Waals surface area contributed by atoms with Crippen LogP contribution in [0.5, 0.6) is 11.6 Å². The Bertz CT molecular complexity index is 351. The maximum Gasteiger partial charge on any atom is 0.222 e. The van der Waals surface area contributed by atoms with Gasteiger partial charge in [0.1, 0.15) is 11.9 Å². The lowest BCUT2D eigenvalue weighted by Crippen LogP contribution is -2.04. The molecule has 0 amide bonds. The van der Waals surface area contributed by atoms with Crippen LogP contribution >= 0.6 is 0 Å². The topological polar surface area (TPSA) is 75.4 Å². The third-order valence-corrected chi connectivity index (χ3v) is 1.94. The molecule has 1 N–H and O–H groups in total. The summed E-state index contributed by atoms with van der Waals surface area (Å²) >= 11 is 0. The summed E-state index contributed by atoms with van der Waals surface area (Å²) < 4.78 is 10.1. The Morgan fingerprint density at radius 3 is 2.80 bits per heavy atom. The Morgan fingerprint density at radius 1 is 1.53 bits per heavy atom. The zero-order valence-electron chi connectivity index (χ0n) is 8.60. The number of methoxy groups -OCH3 is 2. The van der Waals surface area contributed by atoms with Gasteiger partial charge in [0.25, 0.3) is 0 Å². The normalized spacial score (nSPS) is 11.6. The molecule has 0 aliphatic rings. The standard InChI is InChI=1S/C10H12N2O3/c1-14-8-4-6-12-10(15-2)9(8)7(13)3-5-11/h4,6-7,13H,3H2,1-2H3. The molecule has 0 spiro atoms. The zero-order chi connectivity index (χ0) is 11.3. The highest BCUT2D eigenvalue weighted by molar-refractivity contribution is 5.41. The van der Waals surface area contributed by atoms with E-state index in [1.807, 2.05) is 6.07 Å². The molecule has 1 atom stereocenters. The van der Waals surface area contributed by atoms with Crippen molar-refractivity contribution < 1.29 is 14.6 Å². The summed E-state index contributed by atoms with van der Waals surface area (Å²) in [6, 6.07) is 3.49. The highest BCUT2D eigenvalue weighted by atomic mass is 16.5. The van der Waals surface area contributed by atoms with Gasteiger partial charge >= 0.3 is 0 Å². The minimum atomic E-state index is -0.950. The van der Waals surface area contributed by atoms with E-state index < -0.39 is 6.10 Å². The van der Waals surface area contributed by atoms with Gasteiger partial charge in [-0.2, -0.15) is 5.26 Å². The average Bonchev–Trinajstić information content (AvgIpc) is 2.28. The van der Waals surface area contributed by atoms with Crippen LogP contribution in [0.1, 0.15) is 18.1 Å². The molecule has 1 aromatic rings. The van der Waals surface area contributed by atoms with Gasteiger partial charge in [-0.15, -0.1) is 0 Å². The van der Waals surface area contributed by atoms with Crippen molar-refractivity contribution in [2.24, 2.45) is 0 Å². The minimum absolute atomic E-state index is 0.0294. The lowest BCUT2D eigenvalue weighted by molar-refractivity contribution is 0.173. The molecule has 0 bridgehead atoms. The van der Waals surface area contributed by atoms with Gasteiger partial charge in [0.05, 0.1) is 32.3 Å². The molecule has 1 rings (SSSR count). The van der Waals surface area contributed by atoms with Gasteiger partial charge in [0.15, 0.2) is 0 Å². The summed E-state index contributed by atoms with van der Waals surface area (Å²) in [6.45, 7) is 0. The molecule has 5 nitrogen and oxygen atoms in total. The summed E-state index contributed by atoms with van der Waals surface area (Å²) in [5.74, 6) is 0.738. The molecule has 1 heterocycles. The lowest BCUT2D eigenvalue weighted by Gasteiger charge is -2.14. The third-order valence-electron chi connectivity index (χ3n) is 1.94. The van der Waals surface area contributed by atoms with Crippen LogP contribution in [0.4, 0.5) is 0 Å². The molecule has 0 saturated carbocycles. The number of aromatic nitrogens is 1. The fourth-order valence-electron chi connectivity index (χ4n) is 1.27. The number of ether oxygens (including phenoxy) is 2. The van der Waals surface area contributed by atoms with Crippen molar-refractivity contribution in [2.75, 3.05) is 14.2 Å². The molecule has 0 aromatic carbocycles. The summed E-state index contributed by atoms with van der Waals surface area (Å²) in [5, 5.41) is 18.2. The fourth-order valence-corrected chi connectivity index (χ4v) is 1.27. The van der Waals surface area contributed by atoms with E-state index in [1.165, 1.54) is 20.4 Å². The van der Waals surface area contributed by atoms with Gasteiger partial charge in [-0.3, -0.25) is 0 Å². The lowest BCUT2D eigenvalue weighted by atomic mass is 10.1. The highest BCUT2D eigenvalue weighted by Crippen LogP contribution is 2.33. The van der Waals surface area contributed by atoms with Crippen LogP contribution in [-0.2, 0) is 0 Å². The van der Waals surface area contributed by atoms with Crippen LogP contribution in [0.15, 0.2) is 12.3 Å². The number of nitriles is 1. The van der Waals surface area contributed by atoms with Gasteiger partial charge in [-0.05, 0) is 6.07 Å². The van der Waals surface area contributed by atoms with Crippen molar-refractivity contribution in [1.29, 1.82) is 5.26 Å². The first-order valence-corrected chi connectivity index (χ1v) is 4.36. The summed E-state index contributed by atoms with van der Waals surface area (Å²) in [4.78, 5) is 3.94. The van der Waals surface area contributed by atoms with Crippen molar-refractivity contribution in [3.63, 3.8) is 0 Å². The predicted molar refractivity (Wildman–Crippen MR) is 52.5 cm³/mol. The second kappa shape index (κ2) is 5.17. The van der Waals surface area contributed by atoms with E-state index in [4.69, 9.17) is 14.7 Å². The second-order valence-corrected chi connectivity index (χ2v) is 2.81. The van der Waals surface area contributed by atoms with Crippen LogP contribution in [0.3, 0.4) is 0 Å². The van der Waals surface area contributed by atoms with E-state index in [-0.39, 0.29) is 12.3 Å². The first-order valence-electron chi connectivity index (χ1n) is 4.36. The number of hydrogen-bond acceptors (Lipinski definition) is 5. The van der Waals surface area contributed by atoms with Crippen molar-refractivity contribution in [1.82, 2.24) is 4.98 Å². The van der Waals surface area contributed by atoms with Crippen molar-refractivity contribution in [2.45, 2.75) is 12.5 Å². The van der Waals surface area contributed by atoms with Gasteiger partial charge in [0.2, 0.25) is 5.88 Å². The number of hydrogen-bond donors (Lipinski definition) is 1. The summed E-state index contributed by atoms with van der Waals surface area (Å²) in [5.41, 5.74) is 0.407. The zero-order valence-corrected chi connectivity index (χ0v) is 8.60. The van der Waals surface area contributed by atoms with Crippen LogP contribution < -0.4 is 9.47 Å². The molecule has 0 aliphatic heterocycles. The monoisotopic (exact) mass is 208 g/mol. The number of aliphatic hydroxyl groups is 1. The Morgan fingerprint density at radius 2 is 2.27 bits per heavy atom. The van der Waals surface area contributed by atoms with Crippen molar-refractivity contribution in [3.05, 3.63) is 17.8 Å². The maximum absolute atomic E-state index is 9.72. The Balaban J connectivity index is 3.16. The first kappa shape index (κ1) is 11.3. The van der Waals surface area contributed by atoms with Gasteiger partial charge < -0.3 is 14.6 Å². The molecule has 5 heteroatoms. The van der Waals surface area contributed by atoms with E-state index in [1.54, 1.807) is 6.07 Å². The Kier molecular flexibility index (Phi) is 3.89. The van der Waals surface area contributed by atoms with Crippen molar-refractivity contribution in [3.8, 4) is 17.7 Å². The number of pyridine rings is 1. The highest BCUT2D eigenvalue weighted by Gasteiger charge is 2.19. The van der Waals surface area contributed by atoms with Crippen LogP contribution in [-0.4, -0.2) is 24.3 Å². The molecule has 0 fully saturated rings. The van der Waals surface area contributed by atoms with Crippen LogP contribution in [0.2, 0.25) is 0 Å². The van der Waals surface area contributed by atoms with Crippen LogP contribution in [0, 0.1) is 11.3 Å². The molecule has 15 heavy (non-hydrogen) atoms. The number of nitrogens with zero attached hydrogens (tertiary/aromatic N) is 2. The third kappa shape index (κ3) is 2.36. The number of aliphatic hydroxyl groups excluding tert-OH is 1. The smallest absolute Gasteiger partial charge is 0.222 e. The largest absolute Gasteiger partial charge is 0.496 e. The summed E-state index contributed by atoms with van der Waals surface area (Å²) in [6.07, 6.45) is 0.534. The van der Waals surface area contributed by atoms with E-state index in [9.17, 15) is 5.11 Å². The van der Waals surface area contributed by atoms with Gasteiger partial charge in [0, 0.05) is 6.20 Å². The summed E-state index contributed by atoms with van der Waals surface area (Å²) in [7, 11) is 2.93. The van der Waals surface area contributed by atoms with E-state index >= 15 is 0 Å². The van der Waals surface area contributed by atoms with Gasteiger partial charge in [-0.25, -0.2) is 4.98 Å². The van der Waals surface area contributed by atoms with Crippen LogP contribution in [0.25, 0.3) is 0 Å². The fraction of sp³-hybridized carbons (Fsp3) is 0.400. The average molecular weight is 208 g/mol. The second-order valence-electron chi connectivity index (χ2n) is 2.81. The van der Waals surface area contributed by atoms with E-state index in [2.05, 4.69) is 4.98 Å². The Hall–Kier alpha value is -1.80. The molecule has 80 valence electrons. The molecule has 0 radical (unpaired) electrons. The van der Waals surface area contributed by atoms with E-state index in [0.29, 0.717) is 11.3 Å². The number of rotatable bonds is 4. The molecule has 0 aliphatic carbocycles. The molecular weight excluding hydrogens is 196 g/mol. The molecule has 1 aromatic heterocycles. The molecule has 1 unspecified atom stereocenters. The minimum Gasteiger partial charge on any atom is -0.496 e. The molecule has 0 saturated heterocycles. The van der Waals surface area contributed by atoms with E-state index in [0.717, 1.165) is 0 Å². The Labute approximate surface area is 87.9 Å². The molecular formula is C10H12N2O3. The van der Waals surface area contributed by atoms with Gasteiger partial charge in [-0.1, -0.05) is 0 Å². The SMILES string of the molecule is COc1ccnc(OC)c1C(O)CC#N. The quantitative estimate of drug-likeness (QED) is 0.800. The van der Waals surface area contributed by atoms with Crippen molar-refractivity contribution >= 4 is 0 Å².